The molecule has 0 saturated heterocycles. The van der Waals surface area contributed by atoms with Crippen LogP contribution in [0.4, 0.5) is 5.69 Å². The summed E-state index contributed by atoms with van der Waals surface area (Å²) in [6.45, 7) is 8.57. The lowest BCUT2D eigenvalue weighted by Gasteiger charge is -2.30. The average molecular weight is 282 g/mol. The SMILES string of the molecule is CCN(CC(C)C(N)c1ccccc1)c1ccccc1C. The number of hydrogen-bond acceptors (Lipinski definition) is 2. The van der Waals surface area contributed by atoms with Crippen LogP contribution in [-0.2, 0) is 0 Å². The van der Waals surface area contributed by atoms with Crippen LogP contribution in [0.1, 0.15) is 31.0 Å². The van der Waals surface area contributed by atoms with Gasteiger partial charge in [-0.25, -0.2) is 0 Å². The van der Waals surface area contributed by atoms with Crippen LogP contribution in [0.3, 0.4) is 0 Å². The number of aryl methyl sites for hydroxylation is 1. The third-order valence-corrected chi connectivity index (χ3v) is 4.14. The van der Waals surface area contributed by atoms with Crippen LogP contribution in [0.5, 0.6) is 0 Å². The molecule has 0 spiro atoms. The molecule has 0 radical (unpaired) electrons. The smallest absolute Gasteiger partial charge is 0.0395 e. The van der Waals surface area contributed by atoms with Crippen LogP contribution < -0.4 is 10.6 Å². The first kappa shape index (κ1) is 15.6. The van der Waals surface area contributed by atoms with Crippen LogP contribution in [0.2, 0.25) is 0 Å². The van der Waals surface area contributed by atoms with E-state index in [1.165, 1.54) is 16.8 Å². The third-order valence-electron chi connectivity index (χ3n) is 4.14. The molecule has 112 valence electrons. The number of rotatable bonds is 6. The number of benzene rings is 2. The predicted molar refractivity (Wildman–Crippen MR) is 91.6 cm³/mol. The van der Waals surface area contributed by atoms with Gasteiger partial charge >= 0.3 is 0 Å². The van der Waals surface area contributed by atoms with E-state index in [0.29, 0.717) is 5.92 Å². The van der Waals surface area contributed by atoms with Gasteiger partial charge in [-0.2, -0.15) is 0 Å². The fourth-order valence-corrected chi connectivity index (χ4v) is 2.78. The number of nitrogens with two attached hydrogens (primary N) is 1. The van der Waals surface area contributed by atoms with E-state index >= 15 is 0 Å². The Morgan fingerprint density at radius 2 is 1.62 bits per heavy atom. The number of anilines is 1. The Balaban J connectivity index is 2.10. The van der Waals surface area contributed by atoms with Crippen molar-refractivity contribution < 1.29 is 0 Å². The van der Waals surface area contributed by atoms with Gasteiger partial charge in [0.1, 0.15) is 0 Å². The molecule has 2 heteroatoms. The molecule has 0 aliphatic carbocycles. The van der Waals surface area contributed by atoms with E-state index in [1.54, 1.807) is 0 Å². The predicted octanol–water partition coefficient (Wildman–Crippen LogP) is 4.16. The van der Waals surface area contributed by atoms with E-state index in [0.717, 1.165) is 13.1 Å². The first-order valence-electron chi connectivity index (χ1n) is 7.74. The van der Waals surface area contributed by atoms with Crippen LogP contribution >= 0.6 is 0 Å². The molecule has 2 rings (SSSR count). The van der Waals surface area contributed by atoms with Crippen molar-refractivity contribution in [3.63, 3.8) is 0 Å². The highest BCUT2D eigenvalue weighted by atomic mass is 15.1. The Hall–Kier alpha value is -1.80. The van der Waals surface area contributed by atoms with E-state index in [2.05, 4.69) is 74.2 Å². The topological polar surface area (TPSA) is 29.3 Å². The Kier molecular flexibility index (Phi) is 5.40. The van der Waals surface area contributed by atoms with E-state index in [1.807, 2.05) is 6.07 Å². The van der Waals surface area contributed by atoms with Crippen LogP contribution in [-0.4, -0.2) is 13.1 Å². The average Bonchev–Trinajstić information content (AvgIpc) is 2.53. The van der Waals surface area contributed by atoms with Gasteiger partial charge in [0.05, 0.1) is 0 Å². The van der Waals surface area contributed by atoms with Crippen molar-refractivity contribution in [3.05, 3.63) is 65.7 Å². The summed E-state index contributed by atoms with van der Waals surface area (Å²) >= 11 is 0. The lowest BCUT2D eigenvalue weighted by Crippen LogP contribution is -2.33. The Bertz CT molecular complexity index is 551. The lowest BCUT2D eigenvalue weighted by molar-refractivity contribution is 0.465. The van der Waals surface area contributed by atoms with Gasteiger partial charge < -0.3 is 10.6 Å². The molecule has 2 aromatic carbocycles. The summed E-state index contributed by atoms with van der Waals surface area (Å²) in [5, 5.41) is 0. The Morgan fingerprint density at radius 3 is 2.24 bits per heavy atom. The molecule has 0 bridgehead atoms. The molecule has 0 heterocycles. The molecule has 2 unspecified atom stereocenters. The standard InChI is InChI=1S/C19H26N2/c1-4-21(18-13-9-8-10-15(18)2)14-16(3)19(20)17-11-6-5-7-12-17/h5-13,16,19H,4,14,20H2,1-3H3. The van der Waals surface area contributed by atoms with Crippen molar-refractivity contribution in [1.82, 2.24) is 0 Å². The van der Waals surface area contributed by atoms with Crippen molar-refractivity contribution in [3.8, 4) is 0 Å². The maximum absolute atomic E-state index is 6.43. The minimum Gasteiger partial charge on any atom is -0.371 e. The van der Waals surface area contributed by atoms with Gasteiger partial charge in [0, 0.05) is 24.8 Å². The summed E-state index contributed by atoms with van der Waals surface area (Å²) in [5.74, 6) is 0.395. The molecule has 0 aliphatic heterocycles. The van der Waals surface area contributed by atoms with Gasteiger partial charge in [0.2, 0.25) is 0 Å². The minimum absolute atomic E-state index is 0.0734. The second-order valence-electron chi connectivity index (χ2n) is 5.74. The van der Waals surface area contributed by atoms with Crippen molar-refractivity contribution in [2.75, 3.05) is 18.0 Å². The van der Waals surface area contributed by atoms with E-state index in [-0.39, 0.29) is 6.04 Å². The molecule has 2 atom stereocenters. The minimum atomic E-state index is 0.0734. The normalized spacial score (nSPS) is 13.7. The Labute approximate surface area is 128 Å². The van der Waals surface area contributed by atoms with Crippen LogP contribution in [0, 0.1) is 12.8 Å². The van der Waals surface area contributed by atoms with Gasteiger partial charge in [-0.05, 0) is 37.0 Å². The highest BCUT2D eigenvalue weighted by Gasteiger charge is 2.18. The second-order valence-corrected chi connectivity index (χ2v) is 5.74. The Morgan fingerprint density at radius 1 is 1.00 bits per heavy atom. The number of nitrogens with zero attached hydrogens (tertiary/aromatic N) is 1. The molecular weight excluding hydrogens is 256 g/mol. The van der Waals surface area contributed by atoms with Crippen molar-refractivity contribution in [2.24, 2.45) is 11.7 Å². The molecule has 0 aliphatic rings. The summed E-state index contributed by atoms with van der Waals surface area (Å²) in [6, 6.07) is 19.0. The monoisotopic (exact) mass is 282 g/mol. The second kappa shape index (κ2) is 7.28. The van der Waals surface area contributed by atoms with Gasteiger partial charge in [-0.1, -0.05) is 55.5 Å². The molecule has 0 aromatic heterocycles. The first-order chi connectivity index (χ1) is 10.1. The maximum atomic E-state index is 6.43. The fourth-order valence-electron chi connectivity index (χ4n) is 2.78. The molecular formula is C19H26N2. The molecule has 21 heavy (non-hydrogen) atoms. The van der Waals surface area contributed by atoms with E-state index in [9.17, 15) is 0 Å². The number of hydrogen-bond donors (Lipinski definition) is 1. The van der Waals surface area contributed by atoms with Crippen molar-refractivity contribution >= 4 is 5.69 Å². The summed E-state index contributed by atoms with van der Waals surface area (Å²) in [5.41, 5.74) is 10.3. The highest BCUT2D eigenvalue weighted by Crippen LogP contribution is 2.24. The zero-order valence-electron chi connectivity index (χ0n) is 13.3. The lowest BCUT2D eigenvalue weighted by atomic mass is 9.94. The molecule has 0 fully saturated rings. The fraction of sp³-hybridized carbons (Fsp3) is 0.368. The molecule has 0 saturated carbocycles. The first-order valence-corrected chi connectivity index (χ1v) is 7.74. The molecule has 2 nitrogen and oxygen atoms in total. The number of para-hydroxylation sites is 1. The summed E-state index contributed by atoms with van der Waals surface area (Å²) in [7, 11) is 0. The van der Waals surface area contributed by atoms with Crippen LogP contribution in [0.25, 0.3) is 0 Å². The van der Waals surface area contributed by atoms with E-state index in [4.69, 9.17) is 5.73 Å². The van der Waals surface area contributed by atoms with Gasteiger partial charge in [-0.15, -0.1) is 0 Å². The van der Waals surface area contributed by atoms with Gasteiger partial charge in [0.25, 0.3) is 0 Å². The van der Waals surface area contributed by atoms with Crippen LogP contribution in [0.15, 0.2) is 54.6 Å². The molecule has 0 amide bonds. The van der Waals surface area contributed by atoms with Crippen molar-refractivity contribution in [1.29, 1.82) is 0 Å². The quantitative estimate of drug-likeness (QED) is 0.862. The molecule has 2 aromatic rings. The zero-order chi connectivity index (χ0) is 15.2. The third kappa shape index (κ3) is 3.85. The van der Waals surface area contributed by atoms with Gasteiger partial charge in [0.15, 0.2) is 0 Å². The maximum Gasteiger partial charge on any atom is 0.0395 e. The molecule has 2 N–H and O–H groups in total. The van der Waals surface area contributed by atoms with Gasteiger partial charge in [-0.3, -0.25) is 0 Å². The summed E-state index contributed by atoms with van der Waals surface area (Å²) in [4.78, 5) is 2.42. The van der Waals surface area contributed by atoms with E-state index < -0.39 is 0 Å². The van der Waals surface area contributed by atoms with Crippen molar-refractivity contribution in [2.45, 2.75) is 26.8 Å². The summed E-state index contributed by atoms with van der Waals surface area (Å²) < 4.78 is 0. The highest BCUT2D eigenvalue weighted by molar-refractivity contribution is 5.52. The summed E-state index contributed by atoms with van der Waals surface area (Å²) in [6.07, 6.45) is 0. The largest absolute Gasteiger partial charge is 0.371 e. The zero-order valence-corrected chi connectivity index (χ0v) is 13.3.